The Morgan fingerprint density at radius 3 is 2.43 bits per heavy atom. The van der Waals surface area contributed by atoms with Gasteiger partial charge in [0, 0.05) is 5.39 Å². The highest BCUT2D eigenvalue weighted by Crippen LogP contribution is 2.28. The van der Waals surface area contributed by atoms with Crippen LogP contribution in [0.15, 0.2) is 48.7 Å². The molecule has 114 valence electrons. The summed E-state index contributed by atoms with van der Waals surface area (Å²) >= 11 is 0. The van der Waals surface area contributed by atoms with Crippen LogP contribution in [0.4, 0.5) is 4.79 Å². The smallest absolute Gasteiger partial charge is 0.320 e. The standard InChI is InChI=1S/C17H14N4O2/c1-17(15(22)19-16(23)20-17)13-5-2-10(3-6-13)11-4-7-14-12(8-11)9-18-21-14/h2-9H,1H3,(H,18,21)(H2,19,20,22,23)/t17-/m0/s1. The van der Waals surface area contributed by atoms with Gasteiger partial charge in [0.25, 0.3) is 5.91 Å². The van der Waals surface area contributed by atoms with Gasteiger partial charge >= 0.3 is 6.03 Å². The number of urea groups is 1. The molecule has 6 heteroatoms. The number of aromatic amines is 1. The maximum absolute atomic E-state index is 12.0. The van der Waals surface area contributed by atoms with Gasteiger partial charge in [-0.05, 0) is 35.7 Å². The zero-order valence-electron chi connectivity index (χ0n) is 12.4. The number of nitrogens with one attached hydrogen (secondary N) is 3. The maximum atomic E-state index is 12.0. The van der Waals surface area contributed by atoms with Crippen LogP contribution < -0.4 is 10.6 Å². The predicted molar refractivity (Wildman–Crippen MR) is 85.6 cm³/mol. The number of H-pyrrole nitrogens is 1. The number of nitrogens with zero attached hydrogens (tertiary/aromatic N) is 1. The minimum atomic E-state index is -1.02. The van der Waals surface area contributed by atoms with Gasteiger partial charge in [-0.15, -0.1) is 0 Å². The van der Waals surface area contributed by atoms with E-state index in [9.17, 15) is 9.59 Å². The highest BCUT2D eigenvalue weighted by molar-refractivity contribution is 6.07. The Balaban J connectivity index is 1.70. The van der Waals surface area contributed by atoms with Crippen LogP contribution in [0.1, 0.15) is 12.5 Å². The Labute approximate surface area is 131 Å². The van der Waals surface area contributed by atoms with Crippen molar-refractivity contribution in [3.63, 3.8) is 0 Å². The second-order valence-electron chi connectivity index (χ2n) is 5.78. The molecule has 0 aliphatic carbocycles. The fourth-order valence-electron chi connectivity index (χ4n) is 2.86. The van der Waals surface area contributed by atoms with Gasteiger partial charge in [-0.1, -0.05) is 30.3 Å². The summed E-state index contributed by atoms with van der Waals surface area (Å²) in [6.07, 6.45) is 1.78. The highest BCUT2D eigenvalue weighted by atomic mass is 16.2. The van der Waals surface area contributed by atoms with Gasteiger partial charge in [-0.25, -0.2) is 4.79 Å². The van der Waals surface area contributed by atoms with E-state index in [0.717, 1.165) is 27.6 Å². The summed E-state index contributed by atoms with van der Waals surface area (Å²) in [5.74, 6) is -0.338. The molecular weight excluding hydrogens is 292 g/mol. The molecule has 0 saturated carbocycles. The summed E-state index contributed by atoms with van der Waals surface area (Å²) in [4.78, 5) is 23.4. The molecular formula is C17H14N4O2. The molecule has 2 heterocycles. The van der Waals surface area contributed by atoms with E-state index in [0.29, 0.717) is 0 Å². The van der Waals surface area contributed by atoms with Crippen molar-refractivity contribution in [2.75, 3.05) is 0 Å². The number of imide groups is 1. The van der Waals surface area contributed by atoms with E-state index in [-0.39, 0.29) is 5.91 Å². The molecule has 3 amide bonds. The lowest BCUT2D eigenvalue weighted by Gasteiger charge is -2.21. The summed E-state index contributed by atoms with van der Waals surface area (Å²) in [6, 6.07) is 13.2. The molecule has 2 aromatic carbocycles. The van der Waals surface area contributed by atoms with Gasteiger partial charge in [0.1, 0.15) is 5.54 Å². The van der Waals surface area contributed by atoms with Crippen molar-refractivity contribution in [3.8, 4) is 11.1 Å². The first-order valence-corrected chi connectivity index (χ1v) is 7.24. The first-order chi connectivity index (χ1) is 11.1. The van der Waals surface area contributed by atoms with Crippen molar-refractivity contribution < 1.29 is 9.59 Å². The molecule has 0 spiro atoms. The van der Waals surface area contributed by atoms with Crippen LogP contribution >= 0.6 is 0 Å². The van der Waals surface area contributed by atoms with Crippen molar-refractivity contribution in [3.05, 3.63) is 54.2 Å². The molecule has 1 aromatic heterocycles. The van der Waals surface area contributed by atoms with Crippen LogP contribution in [0.3, 0.4) is 0 Å². The van der Waals surface area contributed by atoms with Crippen LogP contribution in [0.5, 0.6) is 0 Å². The van der Waals surface area contributed by atoms with E-state index < -0.39 is 11.6 Å². The number of benzene rings is 2. The Morgan fingerprint density at radius 1 is 1.00 bits per heavy atom. The fraction of sp³-hybridized carbons (Fsp3) is 0.118. The zero-order valence-corrected chi connectivity index (χ0v) is 12.4. The van der Waals surface area contributed by atoms with E-state index in [4.69, 9.17) is 0 Å². The summed E-state index contributed by atoms with van der Waals surface area (Å²) in [7, 11) is 0. The van der Waals surface area contributed by atoms with Crippen LogP contribution in [-0.4, -0.2) is 22.1 Å². The fourth-order valence-corrected chi connectivity index (χ4v) is 2.86. The monoisotopic (exact) mass is 306 g/mol. The molecule has 4 rings (SSSR count). The van der Waals surface area contributed by atoms with Crippen molar-refractivity contribution in [2.45, 2.75) is 12.5 Å². The van der Waals surface area contributed by atoms with Crippen LogP contribution in [0, 0.1) is 0 Å². The normalized spacial score (nSPS) is 20.6. The quantitative estimate of drug-likeness (QED) is 0.635. The predicted octanol–water partition coefficient (Wildman–Crippen LogP) is 2.28. The van der Waals surface area contributed by atoms with Crippen LogP contribution in [0.2, 0.25) is 0 Å². The van der Waals surface area contributed by atoms with Gasteiger partial charge in [-0.3, -0.25) is 15.2 Å². The largest absolute Gasteiger partial charge is 0.322 e. The number of carbonyl (C=O) groups is 2. The van der Waals surface area contributed by atoms with E-state index in [2.05, 4.69) is 26.9 Å². The van der Waals surface area contributed by atoms with Crippen molar-refractivity contribution in [2.24, 2.45) is 0 Å². The SMILES string of the molecule is C[C@@]1(c2ccc(-c3ccc4[nH]ncc4c3)cc2)NC(=O)NC1=O. The number of aromatic nitrogens is 2. The summed E-state index contributed by atoms with van der Waals surface area (Å²) in [5.41, 5.74) is 2.81. The Kier molecular flexibility index (Phi) is 2.74. The number of amides is 3. The van der Waals surface area contributed by atoms with Crippen molar-refractivity contribution in [1.82, 2.24) is 20.8 Å². The molecule has 1 atom stereocenters. The lowest BCUT2D eigenvalue weighted by atomic mass is 9.90. The van der Waals surface area contributed by atoms with Crippen molar-refractivity contribution >= 4 is 22.8 Å². The van der Waals surface area contributed by atoms with E-state index in [1.165, 1.54) is 0 Å². The van der Waals surface area contributed by atoms with Gasteiger partial charge in [0.2, 0.25) is 0 Å². The third kappa shape index (κ3) is 2.07. The average Bonchev–Trinajstić information content (AvgIpc) is 3.11. The summed E-state index contributed by atoms with van der Waals surface area (Å²) < 4.78 is 0. The van der Waals surface area contributed by atoms with Crippen molar-refractivity contribution in [1.29, 1.82) is 0 Å². The number of hydrogen-bond donors (Lipinski definition) is 3. The number of hydrogen-bond acceptors (Lipinski definition) is 3. The Hall–Kier alpha value is -3.15. The molecule has 1 aliphatic rings. The lowest BCUT2D eigenvalue weighted by Crippen LogP contribution is -2.40. The zero-order chi connectivity index (χ0) is 16.0. The van der Waals surface area contributed by atoms with Gasteiger partial charge in [0.05, 0.1) is 11.7 Å². The summed E-state index contributed by atoms with van der Waals surface area (Å²) in [6.45, 7) is 1.69. The molecule has 1 fully saturated rings. The number of fused-ring (bicyclic) bond motifs is 1. The molecule has 0 unspecified atom stereocenters. The Bertz CT molecular complexity index is 929. The maximum Gasteiger partial charge on any atom is 0.322 e. The molecule has 3 aromatic rings. The van der Waals surface area contributed by atoms with Crippen LogP contribution in [0.25, 0.3) is 22.0 Å². The van der Waals surface area contributed by atoms with E-state index in [1.807, 2.05) is 36.4 Å². The first kappa shape index (κ1) is 13.5. The number of rotatable bonds is 2. The lowest BCUT2D eigenvalue weighted by molar-refractivity contribution is -0.123. The molecule has 6 nitrogen and oxygen atoms in total. The van der Waals surface area contributed by atoms with Gasteiger partial charge in [0.15, 0.2) is 0 Å². The molecule has 1 aliphatic heterocycles. The summed E-state index contributed by atoms with van der Waals surface area (Å²) in [5, 5.41) is 12.9. The molecule has 3 N–H and O–H groups in total. The molecule has 23 heavy (non-hydrogen) atoms. The van der Waals surface area contributed by atoms with E-state index >= 15 is 0 Å². The highest BCUT2D eigenvalue weighted by Gasteiger charge is 2.43. The molecule has 1 saturated heterocycles. The second-order valence-corrected chi connectivity index (χ2v) is 5.78. The second kappa shape index (κ2) is 4.67. The molecule has 0 radical (unpaired) electrons. The Morgan fingerprint density at radius 2 is 1.74 bits per heavy atom. The number of carbonyl (C=O) groups excluding carboxylic acids is 2. The third-order valence-electron chi connectivity index (χ3n) is 4.28. The van der Waals surface area contributed by atoms with Gasteiger partial charge < -0.3 is 5.32 Å². The third-order valence-corrected chi connectivity index (χ3v) is 4.28. The molecule has 0 bridgehead atoms. The van der Waals surface area contributed by atoms with Gasteiger partial charge in [-0.2, -0.15) is 5.10 Å². The topological polar surface area (TPSA) is 86.9 Å². The minimum Gasteiger partial charge on any atom is -0.320 e. The van der Waals surface area contributed by atoms with Crippen LogP contribution in [-0.2, 0) is 10.3 Å². The minimum absolute atomic E-state index is 0.338. The average molecular weight is 306 g/mol. The van der Waals surface area contributed by atoms with E-state index in [1.54, 1.807) is 13.1 Å². The first-order valence-electron chi connectivity index (χ1n) is 7.24.